The second kappa shape index (κ2) is 92.4. The van der Waals surface area contributed by atoms with Crippen LogP contribution in [-0.2, 0) is 148 Å². The number of rotatable bonds is 9. The number of hydrogen-bond acceptors (Lipinski definition) is 14. The van der Waals surface area contributed by atoms with Gasteiger partial charge in [0.25, 0.3) is 0 Å². The monoisotopic (exact) mass is 1790 g/mol. The van der Waals surface area contributed by atoms with Gasteiger partial charge in [0.2, 0.25) is 23.0 Å². The van der Waals surface area contributed by atoms with Crippen LogP contribution in [0.25, 0.3) is 22.2 Å². The van der Waals surface area contributed by atoms with Crippen LogP contribution in [0.2, 0.25) is 5.28 Å². The smallest absolute Gasteiger partial charge is 0.234 e. The summed E-state index contributed by atoms with van der Waals surface area (Å²) < 4.78 is 77.4. The molecular weight excluding hydrogens is 1660 g/mol. The predicted molar refractivity (Wildman–Crippen MR) is 466 cm³/mol. The van der Waals surface area contributed by atoms with E-state index in [-0.39, 0.29) is 100 Å². The van der Waals surface area contributed by atoms with Crippen LogP contribution in [0.5, 0.6) is 0 Å². The van der Waals surface area contributed by atoms with E-state index in [0.717, 1.165) is 5.56 Å². The Labute approximate surface area is 731 Å². The Kier molecular flexibility index (Phi) is 105. The number of carbonyl (C=O) groups is 3. The molecule has 5 atom stereocenters. The summed E-state index contributed by atoms with van der Waals surface area (Å²) in [4.78, 5) is 42.4. The molecule has 0 aliphatic carbocycles. The van der Waals surface area contributed by atoms with E-state index in [1.165, 1.54) is 116 Å². The third-order valence-electron chi connectivity index (χ3n) is 11.5. The first kappa shape index (κ1) is 125. The summed E-state index contributed by atoms with van der Waals surface area (Å²) in [5.41, 5.74) is 11.7. The van der Waals surface area contributed by atoms with Crippen molar-refractivity contribution in [1.82, 2.24) is 30.9 Å². The van der Waals surface area contributed by atoms with E-state index in [1.54, 1.807) is 20.9 Å². The minimum Gasteiger partial charge on any atom is -0.359 e. The van der Waals surface area contributed by atoms with Crippen LogP contribution >= 0.6 is 11.6 Å². The normalized spacial score (nSPS) is 9.95. The van der Waals surface area contributed by atoms with E-state index in [2.05, 4.69) is 240 Å². The Hall–Kier alpha value is -5.51. The molecule has 9 aromatic rings. The van der Waals surface area contributed by atoms with Crippen LogP contribution in [0.1, 0.15) is 133 Å². The third kappa shape index (κ3) is 94.9. The average Bonchev–Trinajstić information content (AvgIpc) is 0.859. The van der Waals surface area contributed by atoms with Crippen LogP contribution in [0.15, 0.2) is 212 Å². The Morgan fingerprint density at radius 3 is 0.982 bits per heavy atom. The first-order chi connectivity index (χ1) is 51.2. The van der Waals surface area contributed by atoms with Crippen molar-refractivity contribution in [3.05, 3.63) is 268 Å². The molecule has 612 valence electrons. The van der Waals surface area contributed by atoms with Crippen LogP contribution in [0, 0.1) is 62.3 Å². The van der Waals surface area contributed by atoms with Gasteiger partial charge in [-0.25, -0.2) is 31.0 Å². The molecule has 8 aromatic carbocycles. The number of fused-ring (bicyclic) bond motifs is 1. The molecule has 1 heterocycles. The number of hydrogen-bond donors (Lipinski definition) is 5. The molecule has 19 nitrogen and oxygen atoms in total. The van der Waals surface area contributed by atoms with E-state index in [0.29, 0.717) is 17.4 Å². The van der Waals surface area contributed by atoms with Gasteiger partial charge in [-0.2, -0.15) is 4.98 Å². The van der Waals surface area contributed by atoms with E-state index >= 15 is 0 Å². The van der Waals surface area contributed by atoms with Gasteiger partial charge in [-0.3, -0.25) is 26.9 Å². The molecule has 0 fully saturated rings. The van der Waals surface area contributed by atoms with Crippen LogP contribution in [0.3, 0.4) is 0 Å². The molecular formula is C83H129ClN6O13S5Y2. The van der Waals surface area contributed by atoms with Gasteiger partial charge in [0.1, 0.15) is 28.5 Å². The van der Waals surface area contributed by atoms with E-state index in [4.69, 9.17) is 24.9 Å². The van der Waals surface area contributed by atoms with Crippen LogP contribution in [-0.4, -0.2) is 128 Å². The van der Waals surface area contributed by atoms with E-state index in [9.17, 15) is 31.2 Å². The van der Waals surface area contributed by atoms with Crippen molar-refractivity contribution in [2.45, 2.75) is 145 Å². The Balaban J connectivity index is -0.000000123. The van der Waals surface area contributed by atoms with E-state index < -0.39 is 55.4 Å². The van der Waals surface area contributed by atoms with Gasteiger partial charge in [-0.05, 0) is 107 Å². The molecule has 2 radical (unpaired) electrons. The fourth-order valence-corrected chi connectivity index (χ4v) is 6.98. The molecule has 5 N–H and O–H groups in total. The molecule has 5 unspecified atom stereocenters. The van der Waals surface area contributed by atoms with Crippen LogP contribution < -0.4 is 16.0 Å². The van der Waals surface area contributed by atoms with Crippen molar-refractivity contribution in [1.29, 1.82) is 0 Å². The summed E-state index contributed by atoms with van der Waals surface area (Å²) in [5.74, 6) is 1.06. The number of amides is 3. The maximum atomic E-state index is 10.4. The summed E-state index contributed by atoms with van der Waals surface area (Å²) in [6.45, 7) is 39.4. The number of nitrogens with zero attached hydrogens (tertiary/aromatic N) is 3. The number of aryl methyl sites for hydroxylation is 9. The van der Waals surface area contributed by atoms with Gasteiger partial charge >= 0.3 is 0 Å². The summed E-state index contributed by atoms with van der Waals surface area (Å²) in [6, 6.07) is 72.1. The SMILES string of the molecule is CC.CC.CC.CCC.CCS(=O)O.CNC(=O)CS(=O)OC.CNC(C)=O.COS(=O)CNC(C)=O.COS(C)=O.CS(=O)O.Cc1ccc2ccccc2c1.Cc1ccccc1.Cc1ccccc1.Cc1ccccc1.Cc1ccccc1C.Cc1ccccc1C.Cc1nc(Cl)nc(-c2ccccc2)n1.[Y].[Y]. The van der Waals surface area contributed by atoms with Crippen LogP contribution in [0.4, 0.5) is 0 Å². The summed E-state index contributed by atoms with van der Waals surface area (Å²) in [7, 11) is 7.09. The Bertz CT molecular complexity index is 3460. The van der Waals surface area contributed by atoms with Crippen molar-refractivity contribution < 1.29 is 123 Å². The zero-order valence-electron chi connectivity index (χ0n) is 70.3. The minimum absolute atomic E-state index is 0. The topological polar surface area (TPSA) is 279 Å². The molecule has 0 spiro atoms. The van der Waals surface area contributed by atoms with Crippen molar-refractivity contribution in [2.24, 2.45) is 0 Å². The minimum atomic E-state index is -1.61. The Morgan fingerprint density at radius 1 is 0.436 bits per heavy atom. The maximum absolute atomic E-state index is 10.4. The van der Waals surface area contributed by atoms with Gasteiger partial charge in [-0.1, -0.05) is 303 Å². The quantitative estimate of drug-likeness (QED) is 0.0840. The molecule has 0 aliphatic rings. The van der Waals surface area contributed by atoms with Crippen molar-refractivity contribution in [3.63, 3.8) is 0 Å². The third-order valence-corrected chi connectivity index (χ3v) is 14.3. The second-order valence-corrected chi connectivity index (χ2v) is 26.6. The zero-order chi connectivity index (χ0) is 84.6. The molecule has 27 heteroatoms. The average molecular weight is 1790 g/mol. The number of aromatic nitrogens is 3. The van der Waals surface area contributed by atoms with Crippen molar-refractivity contribution in [2.75, 3.05) is 65.3 Å². The van der Waals surface area contributed by atoms with Gasteiger partial charge < -0.3 is 25.1 Å². The molecule has 0 saturated heterocycles. The van der Waals surface area contributed by atoms with Crippen molar-refractivity contribution >= 4 is 95.5 Å². The maximum Gasteiger partial charge on any atom is 0.234 e. The standard InChI is InChI=1S/C11H10.C10H8ClN3.2C8H10.3C7H8.2C4H9NO3S.C3H7NO.C3H8.2C2H6O2S.3C2H6.CH4O2S.2Y/c1-9-6-7-10-4-2-3-5-11(10)8-9;1-7-12-9(14-10(11)13-7)8-5-3-2-4-6-8;2*1-7-5-3-4-6-8(7)2;3*1-7-5-3-2-4-6-7;1-5-4(6)3-9(7)8-2;1-4(6)5-3-9(7)8-2;1-3(5)4-2;1-3-2;1-4-5(2)3;1-2-5(3)4;3*1-2;1-4(2)3;;/h2-8H,1H3;2-6H,1H3;2*3-6H,1-2H3;3*2-6H,1H3;2*3H2,1-2H3,(H,5,6);1-2H3,(H,4,5);3H2,1-2H3;1-2H3;2H2,1H3,(H,3,4);3*1-2H3;1H3,(H,2,3);;. The molecule has 110 heavy (non-hydrogen) atoms. The molecule has 1 aromatic heterocycles. The van der Waals surface area contributed by atoms with E-state index in [1.807, 2.05) is 126 Å². The second-order valence-electron chi connectivity index (χ2n) is 20.6. The number of benzene rings is 8. The first-order valence-corrected chi connectivity index (χ1v) is 41.8. The molecule has 0 aliphatic heterocycles. The summed E-state index contributed by atoms with van der Waals surface area (Å²) in [6.07, 6.45) is 3.92. The largest absolute Gasteiger partial charge is 0.359 e. The van der Waals surface area contributed by atoms with Gasteiger partial charge in [0.05, 0.1) is 21.3 Å². The van der Waals surface area contributed by atoms with Crippen molar-refractivity contribution in [3.8, 4) is 11.4 Å². The van der Waals surface area contributed by atoms with Gasteiger partial charge in [0.15, 0.2) is 50.1 Å². The van der Waals surface area contributed by atoms with Gasteiger partial charge in [0, 0.05) is 117 Å². The number of halogens is 1. The molecule has 9 rings (SSSR count). The Morgan fingerprint density at radius 2 is 0.736 bits per heavy atom. The predicted octanol–water partition coefficient (Wildman–Crippen LogP) is 18.9. The fraction of sp³-hybridized carbons (Fsp3) is 0.373. The molecule has 3 amide bonds. The molecule has 0 bridgehead atoms. The van der Waals surface area contributed by atoms with Gasteiger partial charge in [-0.15, -0.1) is 0 Å². The molecule has 0 saturated carbocycles. The zero-order valence-corrected chi connectivity index (χ0v) is 80.9. The fourth-order valence-electron chi connectivity index (χ4n) is 5.86. The number of carbonyl (C=O) groups excluding carboxylic acids is 3. The number of nitrogens with one attached hydrogen (secondary N) is 3. The summed E-state index contributed by atoms with van der Waals surface area (Å²) in [5, 5.41) is 9.92. The summed E-state index contributed by atoms with van der Waals surface area (Å²) >= 11 is -1.37. The first-order valence-electron chi connectivity index (χ1n) is 34.7.